The van der Waals surface area contributed by atoms with Crippen LogP contribution in [0.2, 0.25) is 0 Å². The predicted octanol–water partition coefficient (Wildman–Crippen LogP) is -0.975. The first-order valence-electron chi connectivity index (χ1n) is 1.19. The van der Waals surface area contributed by atoms with Gasteiger partial charge in [-0.3, -0.25) is 4.79 Å². The fourth-order valence-corrected chi connectivity index (χ4v) is 0. The normalized spacial score (nSPS) is 5.29. The number of carboxylic acids is 1. The maximum absolute atomic E-state index is 9.24. The summed E-state index contributed by atoms with van der Waals surface area (Å²) in [5, 5.41) is 7.60. The van der Waals surface area contributed by atoms with Gasteiger partial charge in [-0.15, -0.1) is 0 Å². The van der Waals surface area contributed by atoms with E-state index in [1.165, 1.54) is 0 Å². The van der Waals surface area contributed by atoms with Crippen molar-refractivity contribution in [2.24, 2.45) is 5.73 Å². The summed E-state index contributed by atoms with van der Waals surface area (Å²) in [6, 6.07) is 0. The molecule has 0 aliphatic heterocycles. The molecule has 5 heteroatoms. The van der Waals surface area contributed by atoms with Gasteiger partial charge in [0.1, 0.15) is 0 Å². The van der Waals surface area contributed by atoms with Crippen LogP contribution in [0.1, 0.15) is 0 Å². The molecule has 0 saturated heterocycles. The molecule has 0 aliphatic rings. The van der Waals surface area contributed by atoms with Crippen LogP contribution in [-0.2, 0) is 46.7 Å². The molecule has 0 rings (SSSR count). The van der Waals surface area contributed by atoms with Gasteiger partial charge in [0.25, 0.3) is 0 Å². The van der Waals surface area contributed by atoms with E-state index >= 15 is 0 Å². The maximum atomic E-state index is 9.24. The number of carbonyl (C=O) groups is 1. The zero-order chi connectivity index (χ0) is 4.28. The van der Waals surface area contributed by atoms with E-state index in [9.17, 15) is 4.79 Å². The molecule has 0 aliphatic carbocycles. The van der Waals surface area contributed by atoms with Crippen molar-refractivity contribution < 1.29 is 51.8 Å². The van der Waals surface area contributed by atoms with E-state index in [-0.39, 0.29) is 48.4 Å². The molecule has 0 aromatic carbocycles. The summed E-state index contributed by atoms with van der Waals surface area (Å²) >= 11 is 0. The average Bonchev–Trinajstić information content (AvgIpc) is 1.38. The molecule has 0 atom stereocenters. The van der Waals surface area contributed by atoms with Gasteiger partial charge in [0.05, 0.1) is 6.54 Å². The van der Waals surface area contributed by atoms with Crippen molar-refractivity contribution in [3.05, 3.63) is 0 Å². The van der Waals surface area contributed by atoms with Crippen LogP contribution in [0.15, 0.2) is 0 Å². The number of hydrogen-bond acceptors (Lipinski definition) is 2. The van der Waals surface area contributed by atoms with Crippen molar-refractivity contribution in [1.29, 1.82) is 0 Å². The van der Waals surface area contributed by atoms with E-state index in [0.717, 1.165) is 0 Å². The molecule has 0 aromatic heterocycles. The van der Waals surface area contributed by atoms with Gasteiger partial charge in [0.2, 0.25) is 0 Å². The number of nitrogens with two attached hydrogens (primary N) is 1. The molecule has 0 amide bonds. The fourth-order valence-electron chi connectivity index (χ4n) is 0. The second kappa shape index (κ2) is 9.92. The zero-order valence-corrected chi connectivity index (χ0v) is 8.10. The molecule has 3 N–H and O–H groups in total. The Labute approximate surface area is 69.9 Å². The summed E-state index contributed by atoms with van der Waals surface area (Å²) in [5.41, 5.74) is 4.57. The molecule has 0 spiro atoms. The third kappa shape index (κ3) is 20.0. The third-order valence-corrected chi connectivity index (χ3v) is 0.175. The van der Waals surface area contributed by atoms with Crippen LogP contribution < -0.4 is 5.73 Å². The van der Waals surface area contributed by atoms with Gasteiger partial charge >= 0.3 is 5.97 Å². The summed E-state index contributed by atoms with van der Waals surface area (Å²) in [4.78, 5) is 9.24. The molecule has 0 saturated carbocycles. The van der Waals surface area contributed by atoms with Crippen LogP contribution in [0.4, 0.5) is 0 Å². The molecule has 43 valence electrons. The third-order valence-electron chi connectivity index (χ3n) is 0.175. The van der Waals surface area contributed by atoms with Crippen molar-refractivity contribution >= 4 is 5.97 Å². The first kappa shape index (κ1) is 15.7. The first-order valence-corrected chi connectivity index (χ1v) is 1.19. The van der Waals surface area contributed by atoms with Crippen LogP contribution in [0.3, 0.4) is 0 Å². The Morgan fingerprint density at radius 2 is 1.86 bits per heavy atom. The van der Waals surface area contributed by atoms with E-state index in [4.69, 9.17) is 5.11 Å². The Morgan fingerprint density at radius 3 is 1.86 bits per heavy atom. The van der Waals surface area contributed by atoms with Gasteiger partial charge in [-0.25, -0.2) is 0 Å². The minimum absolute atomic E-state index is 0. The summed E-state index contributed by atoms with van der Waals surface area (Å²) in [6.45, 7) is -0.278. The van der Waals surface area contributed by atoms with E-state index in [2.05, 4.69) is 5.73 Å². The molecule has 0 heterocycles. The Hall–Kier alpha value is 0.794. The summed E-state index contributed by atoms with van der Waals surface area (Å²) in [5.74, 6) is -0.968. The second-order valence-electron chi connectivity index (χ2n) is 0.598. The van der Waals surface area contributed by atoms with Gasteiger partial charge in [0.15, 0.2) is 0 Å². The van der Waals surface area contributed by atoms with E-state index in [1.807, 2.05) is 0 Å². The molecule has 0 unspecified atom stereocenters. The Bertz CT molecular complexity index is 51.0. The monoisotopic (exact) mass is 246 g/mol. The molecule has 0 aromatic rings. The second-order valence-corrected chi connectivity index (χ2v) is 0.598. The van der Waals surface area contributed by atoms with Crippen molar-refractivity contribution in [2.75, 3.05) is 6.54 Å². The van der Waals surface area contributed by atoms with Crippen LogP contribution in [0.25, 0.3) is 0 Å². The first-order chi connectivity index (χ1) is 2.27. The van der Waals surface area contributed by atoms with Gasteiger partial charge < -0.3 is 10.8 Å². The van der Waals surface area contributed by atoms with E-state index < -0.39 is 5.97 Å². The minimum Gasteiger partial charge on any atom is -0.480 e. The number of rotatable bonds is 1. The summed E-state index contributed by atoms with van der Waals surface area (Å²) in [7, 11) is 0. The van der Waals surface area contributed by atoms with Gasteiger partial charge in [-0.05, 0) is 0 Å². The number of hydrogen-bond donors (Lipinski definition) is 2. The van der Waals surface area contributed by atoms with Crippen molar-refractivity contribution in [1.82, 2.24) is 0 Å². The minimum atomic E-state index is -0.968. The van der Waals surface area contributed by atoms with Gasteiger partial charge in [0, 0.05) is 41.9 Å². The molecular weight excluding hydrogens is 243 g/mol. The molecule has 0 fully saturated rings. The zero-order valence-electron chi connectivity index (χ0n) is 3.65. The van der Waals surface area contributed by atoms with Gasteiger partial charge in [-0.2, -0.15) is 0 Å². The van der Waals surface area contributed by atoms with E-state index in [1.54, 1.807) is 0 Å². The van der Waals surface area contributed by atoms with Crippen LogP contribution in [0, 0.1) is 0 Å². The Balaban J connectivity index is -0.0000000800. The Morgan fingerprint density at radius 1 is 1.71 bits per heavy atom. The maximum Gasteiger partial charge on any atom is 0.317 e. The fraction of sp³-hybridized carbons (Fsp3) is 0.500. The van der Waals surface area contributed by atoms with Crippen LogP contribution in [-0.4, -0.2) is 17.6 Å². The smallest absolute Gasteiger partial charge is 0.317 e. The predicted molar refractivity (Wildman–Crippen MR) is 16.7 cm³/mol. The summed E-state index contributed by atoms with van der Waals surface area (Å²) in [6.07, 6.45) is 0. The van der Waals surface area contributed by atoms with Crippen molar-refractivity contribution in [3.63, 3.8) is 0 Å². The number of carboxylic acid groups (broad SMARTS) is 1. The molecular formula is C2H5AgNO2Zn. The quantitative estimate of drug-likeness (QED) is 0.587. The van der Waals surface area contributed by atoms with Crippen molar-refractivity contribution in [2.45, 2.75) is 0 Å². The molecule has 0 bridgehead atoms. The SMILES string of the molecule is NCC(=O)O.[Ag].[Zn]. The number of aliphatic carboxylic acids is 1. The molecule has 3 nitrogen and oxygen atoms in total. The molecule has 7 heavy (non-hydrogen) atoms. The summed E-state index contributed by atoms with van der Waals surface area (Å²) < 4.78 is 0. The van der Waals surface area contributed by atoms with Crippen LogP contribution >= 0.6 is 0 Å². The largest absolute Gasteiger partial charge is 0.480 e. The standard InChI is InChI=1S/C2H5NO2.Ag.Zn/c3-1-2(4)5;;/h1,3H2,(H,4,5);;. The van der Waals surface area contributed by atoms with Crippen LogP contribution in [0.5, 0.6) is 0 Å². The molecule has 1 radical (unpaired) electrons. The topological polar surface area (TPSA) is 63.3 Å². The van der Waals surface area contributed by atoms with Gasteiger partial charge in [-0.1, -0.05) is 0 Å². The Kier molecular flexibility index (Phi) is 22.2. The van der Waals surface area contributed by atoms with E-state index in [0.29, 0.717) is 0 Å². The average molecular weight is 248 g/mol. The van der Waals surface area contributed by atoms with Crippen molar-refractivity contribution in [3.8, 4) is 0 Å².